The molecule has 2 unspecified atom stereocenters. The van der Waals surface area contributed by atoms with Gasteiger partial charge in [-0.1, -0.05) is 13.8 Å². The van der Waals surface area contributed by atoms with E-state index in [1.807, 2.05) is 4.90 Å². The molecular formula is C12H24N2O2. The first-order valence-corrected chi connectivity index (χ1v) is 6.19. The molecule has 4 nitrogen and oxygen atoms in total. The van der Waals surface area contributed by atoms with Gasteiger partial charge < -0.3 is 15.7 Å². The molecule has 94 valence electrons. The monoisotopic (exact) mass is 228 g/mol. The summed E-state index contributed by atoms with van der Waals surface area (Å²) in [7, 11) is 0. The zero-order valence-corrected chi connectivity index (χ0v) is 10.4. The fourth-order valence-electron chi connectivity index (χ4n) is 2.26. The van der Waals surface area contributed by atoms with Gasteiger partial charge in [-0.05, 0) is 31.1 Å². The maximum Gasteiger partial charge on any atom is 0.239 e. The zero-order chi connectivity index (χ0) is 12.1. The minimum atomic E-state index is -0.377. The van der Waals surface area contributed by atoms with E-state index in [2.05, 4.69) is 13.8 Å². The lowest BCUT2D eigenvalue weighted by atomic mass is 9.97. The fourth-order valence-corrected chi connectivity index (χ4v) is 2.26. The molecule has 0 bridgehead atoms. The third kappa shape index (κ3) is 3.76. The molecule has 0 aromatic heterocycles. The van der Waals surface area contributed by atoms with E-state index < -0.39 is 0 Å². The van der Waals surface area contributed by atoms with Crippen LogP contribution in [-0.2, 0) is 4.79 Å². The summed E-state index contributed by atoms with van der Waals surface area (Å²) >= 11 is 0. The Bertz CT molecular complexity index is 231. The van der Waals surface area contributed by atoms with E-state index in [1.54, 1.807) is 0 Å². The molecule has 0 aliphatic carbocycles. The maximum atomic E-state index is 12.0. The number of nitrogens with zero attached hydrogens (tertiary/aromatic N) is 1. The van der Waals surface area contributed by atoms with Crippen molar-refractivity contribution in [2.45, 2.75) is 39.2 Å². The summed E-state index contributed by atoms with van der Waals surface area (Å²) in [6, 6.07) is -0.377. The molecule has 3 N–H and O–H groups in total. The first-order valence-electron chi connectivity index (χ1n) is 6.19. The topological polar surface area (TPSA) is 66.6 Å². The average Bonchev–Trinajstić information content (AvgIpc) is 2.27. The van der Waals surface area contributed by atoms with Crippen molar-refractivity contribution in [2.24, 2.45) is 17.6 Å². The highest BCUT2D eigenvalue weighted by Gasteiger charge is 2.26. The van der Waals surface area contributed by atoms with Gasteiger partial charge in [-0.3, -0.25) is 4.79 Å². The summed E-state index contributed by atoms with van der Waals surface area (Å²) in [4.78, 5) is 13.8. The predicted octanol–water partition coefficient (Wildman–Crippen LogP) is 0.591. The summed E-state index contributed by atoms with van der Waals surface area (Å²) in [5.74, 6) is 0.730. The first-order chi connectivity index (χ1) is 7.54. The van der Waals surface area contributed by atoms with E-state index in [9.17, 15) is 4.79 Å². The Kier molecular flexibility index (Phi) is 5.22. The van der Waals surface area contributed by atoms with Crippen molar-refractivity contribution < 1.29 is 9.90 Å². The molecule has 4 heteroatoms. The van der Waals surface area contributed by atoms with Crippen molar-refractivity contribution in [3.63, 3.8) is 0 Å². The summed E-state index contributed by atoms with van der Waals surface area (Å²) in [6.07, 6.45) is 2.73. The lowest BCUT2D eigenvalue weighted by molar-refractivity contribution is -0.135. The lowest BCUT2D eigenvalue weighted by Crippen LogP contribution is -2.48. The highest BCUT2D eigenvalue weighted by Crippen LogP contribution is 2.17. The van der Waals surface area contributed by atoms with Crippen molar-refractivity contribution in [2.75, 3.05) is 19.7 Å². The van der Waals surface area contributed by atoms with Crippen LogP contribution in [-0.4, -0.2) is 41.7 Å². The highest BCUT2D eigenvalue weighted by molar-refractivity contribution is 5.81. The van der Waals surface area contributed by atoms with E-state index in [0.29, 0.717) is 12.5 Å². The minimum absolute atomic E-state index is 0.0480. The largest absolute Gasteiger partial charge is 0.396 e. The number of nitrogens with two attached hydrogens (primary N) is 1. The molecule has 1 heterocycles. The molecular weight excluding hydrogens is 204 g/mol. The minimum Gasteiger partial charge on any atom is -0.396 e. The smallest absolute Gasteiger partial charge is 0.239 e. The zero-order valence-electron chi connectivity index (χ0n) is 10.4. The number of rotatable bonds is 4. The summed E-state index contributed by atoms with van der Waals surface area (Å²) in [5.41, 5.74) is 5.88. The molecule has 1 saturated heterocycles. The van der Waals surface area contributed by atoms with Crippen LogP contribution in [0, 0.1) is 11.8 Å². The molecule has 2 atom stereocenters. The quantitative estimate of drug-likeness (QED) is 0.740. The molecule has 0 spiro atoms. The third-order valence-corrected chi connectivity index (χ3v) is 3.13. The second-order valence-electron chi connectivity index (χ2n) is 5.21. The van der Waals surface area contributed by atoms with Gasteiger partial charge in [-0.2, -0.15) is 0 Å². The highest BCUT2D eigenvalue weighted by atomic mass is 16.3. The van der Waals surface area contributed by atoms with E-state index >= 15 is 0 Å². The number of carbonyl (C=O) groups excluding carboxylic acids is 1. The molecule has 1 amide bonds. The summed E-state index contributed by atoms with van der Waals surface area (Å²) in [6.45, 7) is 5.77. The van der Waals surface area contributed by atoms with E-state index in [4.69, 9.17) is 10.8 Å². The molecule has 0 aromatic rings. The van der Waals surface area contributed by atoms with Crippen LogP contribution in [0.25, 0.3) is 0 Å². The van der Waals surface area contributed by atoms with Crippen LogP contribution in [0.4, 0.5) is 0 Å². The Morgan fingerprint density at radius 3 is 2.81 bits per heavy atom. The number of likely N-dealkylation sites (tertiary alicyclic amines) is 1. The predicted molar refractivity (Wildman–Crippen MR) is 63.8 cm³/mol. The number of amides is 1. The van der Waals surface area contributed by atoms with Crippen LogP contribution >= 0.6 is 0 Å². The van der Waals surface area contributed by atoms with Crippen LogP contribution in [0.3, 0.4) is 0 Å². The Hall–Kier alpha value is -0.610. The molecule has 1 rings (SSSR count). The molecule has 0 saturated carbocycles. The summed E-state index contributed by atoms with van der Waals surface area (Å²) < 4.78 is 0. The number of aliphatic hydroxyl groups is 1. The average molecular weight is 228 g/mol. The normalized spacial score (nSPS) is 23.6. The van der Waals surface area contributed by atoms with Gasteiger partial charge in [0.1, 0.15) is 0 Å². The van der Waals surface area contributed by atoms with Crippen LogP contribution < -0.4 is 5.73 Å². The second kappa shape index (κ2) is 6.21. The molecule has 1 aliphatic rings. The second-order valence-corrected chi connectivity index (χ2v) is 5.21. The van der Waals surface area contributed by atoms with Gasteiger partial charge in [-0.15, -0.1) is 0 Å². The molecule has 1 fully saturated rings. The fraction of sp³-hybridized carbons (Fsp3) is 0.917. The van der Waals surface area contributed by atoms with Gasteiger partial charge in [0.2, 0.25) is 5.91 Å². The Labute approximate surface area is 97.8 Å². The van der Waals surface area contributed by atoms with E-state index in [0.717, 1.165) is 25.8 Å². The van der Waals surface area contributed by atoms with Gasteiger partial charge in [0, 0.05) is 19.7 Å². The third-order valence-electron chi connectivity index (χ3n) is 3.13. The Balaban J connectivity index is 2.46. The van der Waals surface area contributed by atoms with Crippen LogP contribution in [0.2, 0.25) is 0 Å². The number of hydrogen-bond donors (Lipinski definition) is 2. The lowest BCUT2D eigenvalue weighted by Gasteiger charge is -2.33. The summed E-state index contributed by atoms with van der Waals surface area (Å²) in [5, 5.41) is 9.11. The van der Waals surface area contributed by atoms with E-state index in [1.165, 1.54) is 0 Å². The molecule has 16 heavy (non-hydrogen) atoms. The first kappa shape index (κ1) is 13.5. The van der Waals surface area contributed by atoms with Crippen molar-refractivity contribution in [3.05, 3.63) is 0 Å². The van der Waals surface area contributed by atoms with Crippen LogP contribution in [0.1, 0.15) is 33.1 Å². The van der Waals surface area contributed by atoms with Crippen molar-refractivity contribution in [3.8, 4) is 0 Å². The van der Waals surface area contributed by atoms with Gasteiger partial charge in [0.05, 0.1) is 6.04 Å². The molecule has 1 aliphatic heterocycles. The van der Waals surface area contributed by atoms with Crippen LogP contribution in [0.5, 0.6) is 0 Å². The molecule has 0 aromatic carbocycles. The van der Waals surface area contributed by atoms with Gasteiger partial charge in [0.15, 0.2) is 0 Å². The van der Waals surface area contributed by atoms with Crippen molar-refractivity contribution in [1.82, 2.24) is 4.90 Å². The van der Waals surface area contributed by atoms with Gasteiger partial charge >= 0.3 is 0 Å². The molecule has 0 radical (unpaired) electrons. The van der Waals surface area contributed by atoms with Crippen molar-refractivity contribution in [1.29, 1.82) is 0 Å². The van der Waals surface area contributed by atoms with Gasteiger partial charge in [-0.25, -0.2) is 0 Å². The van der Waals surface area contributed by atoms with Crippen LogP contribution in [0.15, 0.2) is 0 Å². The number of hydrogen-bond acceptors (Lipinski definition) is 3. The SMILES string of the molecule is CC(C)CC(N)C(=O)N1CCCC(CO)C1. The maximum absolute atomic E-state index is 12.0. The number of aliphatic hydroxyl groups excluding tert-OH is 1. The van der Waals surface area contributed by atoms with Gasteiger partial charge in [0.25, 0.3) is 0 Å². The standard InChI is InChI=1S/C12H24N2O2/c1-9(2)6-11(13)12(16)14-5-3-4-10(7-14)8-15/h9-11,15H,3-8,13H2,1-2H3. The Morgan fingerprint density at radius 2 is 2.25 bits per heavy atom. The van der Waals surface area contributed by atoms with E-state index in [-0.39, 0.29) is 24.5 Å². The Morgan fingerprint density at radius 1 is 1.56 bits per heavy atom. The number of piperidine rings is 1. The van der Waals surface area contributed by atoms with Crippen molar-refractivity contribution >= 4 is 5.91 Å². The number of carbonyl (C=O) groups is 1.